The van der Waals surface area contributed by atoms with Crippen LogP contribution in [-0.4, -0.2) is 100 Å². The Kier molecular flexibility index (Phi) is 8.86. The molecule has 3 fully saturated rings. The summed E-state index contributed by atoms with van der Waals surface area (Å²) < 4.78 is 0. The number of pyridine rings is 1. The molecule has 1 aromatic heterocycles. The number of likely N-dealkylation sites (N-methyl/N-ethyl adjacent to an activating group) is 1. The number of rotatable bonds is 7. The molecule has 1 aromatic carbocycles. The smallest absolute Gasteiger partial charge is 0.239 e. The lowest BCUT2D eigenvalue weighted by atomic mass is 10.0. The Labute approximate surface area is 225 Å². The van der Waals surface area contributed by atoms with E-state index in [1.807, 2.05) is 36.5 Å². The van der Waals surface area contributed by atoms with E-state index in [-0.39, 0.29) is 6.04 Å². The van der Waals surface area contributed by atoms with Gasteiger partial charge in [-0.15, -0.1) is 11.8 Å². The van der Waals surface area contributed by atoms with Crippen molar-refractivity contribution in [1.29, 1.82) is 0 Å². The van der Waals surface area contributed by atoms with E-state index >= 15 is 0 Å². The number of amides is 1. The first-order valence-electron chi connectivity index (χ1n) is 13.4. The molecule has 0 spiro atoms. The van der Waals surface area contributed by atoms with E-state index in [1.165, 1.54) is 13.1 Å². The number of benzene rings is 1. The predicted octanol–water partition coefficient (Wildman–Crippen LogP) is 4.10. The van der Waals surface area contributed by atoms with Gasteiger partial charge in [0.2, 0.25) is 5.91 Å². The van der Waals surface area contributed by atoms with E-state index in [4.69, 9.17) is 11.6 Å². The maximum Gasteiger partial charge on any atom is 0.239 e. The minimum atomic E-state index is -0.105. The monoisotopic (exact) mass is 527 g/mol. The predicted molar refractivity (Wildman–Crippen MR) is 147 cm³/mol. The fourth-order valence-electron chi connectivity index (χ4n) is 5.92. The van der Waals surface area contributed by atoms with E-state index in [0.29, 0.717) is 23.7 Å². The Balaban J connectivity index is 1.22. The van der Waals surface area contributed by atoms with Crippen LogP contribution < -0.4 is 0 Å². The molecule has 3 aliphatic heterocycles. The lowest BCUT2D eigenvalue weighted by Gasteiger charge is -2.43. The largest absolute Gasteiger partial charge is 0.341 e. The van der Waals surface area contributed by atoms with Crippen molar-refractivity contribution in [3.63, 3.8) is 0 Å². The molecule has 36 heavy (non-hydrogen) atoms. The van der Waals surface area contributed by atoms with Gasteiger partial charge in [-0.25, -0.2) is 4.98 Å². The number of aromatic nitrogens is 1. The highest BCUT2D eigenvalue weighted by Gasteiger charge is 2.40. The van der Waals surface area contributed by atoms with Crippen LogP contribution in [0.5, 0.6) is 0 Å². The first-order chi connectivity index (χ1) is 17.6. The topological polar surface area (TPSA) is 42.9 Å². The van der Waals surface area contributed by atoms with Gasteiger partial charge in [0.05, 0.1) is 11.1 Å². The number of hydrogen-bond donors (Lipinski definition) is 0. The number of thioether (sulfide) groups is 1. The van der Waals surface area contributed by atoms with Gasteiger partial charge in [0.25, 0.3) is 0 Å². The van der Waals surface area contributed by atoms with Crippen molar-refractivity contribution < 1.29 is 4.79 Å². The van der Waals surface area contributed by atoms with Crippen molar-refractivity contribution in [3.8, 4) is 0 Å². The van der Waals surface area contributed by atoms with Gasteiger partial charge >= 0.3 is 0 Å². The molecule has 6 nitrogen and oxygen atoms in total. The number of piperazine rings is 1. The molecule has 8 heteroatoms. The zero-order valence-corrected chi connectivity index (χ0v) is 22.8. The summed E-state index contributed by atoms with van der Waals surface area (Å²) in [5, 5.41) is 2.13. The first kappa shape index (κ1) is 26.0. The molecule has 5 rings (SSSR count). The normalized spacial score (nSPS) is 24.9. The summed E-state index contributed by atoms with van der Waals surface area (Å²) in [6, 6.07) is 14.5. The molecule has 0 radical (unpaired) electrons. The maximum atomic E-state index is 13.9. The highest BCUT2D eigenvalue weighted by molar-refractivity contribution is 7.99. The third kappa shape index (κ3) is 6.25. The van der Waals surface area contributed by atoms with Crippen LogP contribution in [0.1, 0.15) is 31.7 Å². The standard InChI is InChI=1S/C28H38ClN5OS/c1-2-31-15-17-32(18-16-31)23-10-13-33(14-11-23)28(35)26-19-24(36-27-9-5-6-12-30-27)21-34(26)20-22-7-3-4-8-25(22)29/h3-9,12,23-24,26H,2,10-11,13-21H2,1H3/t24-,26-/m0/s1. The van der Waals surface area contributed by atoms with Crippen LogP contribution in [0.2, 0.25) is 5.02 Å². The number of carbonyl (C=O) groups is 1. The van der Waals surface area contributed by atoms with Crippen molar-refractivity contribution in [2.45, 2.75) is 55.1 Å². The number of likely N-dealkylation sites (tertiary alicyclic amines) is 2. The Hall–Kier alpha value is -1.64. The molecule has 3 aliphatic rings. The Morgan fingerprint density at radius 3 is 2.47 bits per heavy atom. The number of hydrogen-bond acceptors (Lipinski definition) is 6. The SMILES string of the molecule is CCN1CCN(C2CCN(C(=O)[C@@H]3C[C@H](Sc4ccccn4)CN3Cc3ccccc3Cl)CC2)CC1. The van der Waals surface area contributed by atoms with Crippen LogP contribution in [0.3, 0.4) is 0 Å². The Morgan fingerprint density at radius 2 is 1.78 bits per heavy atom. The third-order valence-electron chi connectivity index (χ3n) is 8.05. The van der Waals surface area contributed by atoms with Crippen LogP contribution in [0.4, 0.5) is 0 Å². The van der Waals surface area contributed by atoms with Crippen LogP contribution in [0.25, 0.3) is 0 Å². The molecule has 3 saturated heterocycles. The summed E-state index contributed by atoms with van der Waals surface area (Å²) in [4.78, 5) is 28.0. The van der Waals surface area contributed by atoms with Gasteiger partial charge in [-0.3, -0.25) is 14.6 Å². The minimum absolute atomic E-state index is 0.105. The highest BCUT2D eigenvalue weighted by Crippen LogP contribution is 2.35. The van der Waals surface area contributed by atoms with Crippen molar-refractivity contribution in [2.24, 2.45) is 0 Å². The van der Waals surface area contributed by atoms with Crippen molar-refractivity contribution >= 4 is 29.3 Å². The van der Waals surface area contributed by atoms with Crippen LogP contribution in [-0.2, 0) is 11.3 Å². The van der Waals surface area contributed by atoms with Crippen molar-refractivity contribution in [1.82, 2.24) is 24.6 Å². The molecule has 4 heterocycles. The minimum Gasteiger partial charge on any atom is -0.341 e. The number of carbonyl (C=O) groups excluding carboxylic acids is 1. The zero-order chi connectivity index (χ0) is 24.9. The van der Waals surface area contributed by atoms with E-state index in [1.54, 1.807) is 11.8 Å². The number of piperidine rings is 1. The second-order valence-electron chi connectivity index (χ2n) is 10.2. The van der Waals surface area contributed by atoms with Gasteiger partial charge in [-0.05, 0) is 49.6 Å². The molecular weight excluding hydrogens is 490 g/mol. The van der Waals surface area contributed by atoms with Gasteiger partial charge in [-0.2, -0.15) is 0 Å². The molecule has 0 unspecified atom stereocenters. The van der Waals surface area contributed by atoms with Crippen LogP contribution in [0, 0.1) is 0 Å². The molecule has 2 atom stereocenters. The second-order valence-corrected chi connectivity index (χ2v) is 11.9. The average molecular weight is 528 g/mol. The summed E-state index contributed by atoms with van der Waals surface area (Å²) in [6.07, 6.45) is 4.86. The van der Waals surface area contributed by atoms with Gasteiger partial charge in [0.15, 0.2) is 0 Å². The fourth-order valence-corrected chi connectivity index (χ4v) is 7.28. The Bertz CT molecular complexity index is 994. The molecule has 0 aliphatic carbocycles. The van der Waals surface area contributed by atoms with E-state index in [0.717, 1.165) is 74.1 Å². The maximum absolute atomic E-state index is 13.9. The first-order valence-corrected chi connectivity index (χ1v) is 14.7. The summed E-state index contributed by atoms with van der Waals surface area (Å²) >= 11 is 8.30. The third-order valence-corrected chi connectivity index (χ3v) is 9.58. The number of halogens is 1. The van der Waals surface area contributed by atoms with E-state index < -0.39 is 0 Å². The lowest BCUT2D eigenvalue weighted by Crippen LogP contribution is -2.55. The molecule has 0 bridgehead atoms. The average Bonchev–Trinajstić information content (AvgIpc) is 3.32. The van der Waals surface area contributed by atoms with Gasteiger partial charge in [0, 0.05) is 74.9 Å². The van der Waals surface area contributed by atoms with Crippen LogP contribution in [0.15, 0.2) is 53.7 Å². The summed E-state index contributed by atoms with van der Waals surface area (Å²) in [5.41, 5.74) is 1.09. The van der Waals surface area contributed by atoms with Gasteiger partial charge < -0.3 is 9.80 Å². The van der Waals surface area contributed by atoms with E-state index in [2.05, 4.69) is 43.6 Å². The number of nitrogens with zero attached hydrogens (tertiary/aromatic N) is 5. The van der Waals surface area contributed by atoms with E-state index in [9.17, 15) is 4.79 Å². The Morgan fingerprint density at radius 1 is 1.03 bits per heavy atom. The van der Waals surface area contributed by atoms with Crippen LogP contribution >= 0.6 is 23.4 Å². The molecule has 2 aromatic rings. The molecule has 1 amide bonds. The lowest BCUT2D eigenvalue weighted by molar-refractivity contribution is -0.137. The van der Waals surface area contributed by atoms with Crippen molar-refractivity contribution in [3.05, 3.63) is 59.2 Å². The van der Waals surface area contributed by atoms with Gasteiger partial charge in [-0.1, -0.05) is 42.8 Å². The molecule has 0 N–H and O–H groups in total. The zero-order valence-electron chi connectivity index (χ0n) is 21.3. The summed E-state index contributed by atoms with van der Waals surface area (Å²) in [6.45, 7) is 11.4. The van der Waals surface area contributed by atoms with Crippen molar-refractivity contribution in [2.75, 3.05) is 52.4 Å². The summed E-state index contributed by atoms with van der Waals surface area (Å²) in [7, 11) is 0. The second kappa shape index (κ2) is 12.3. The molecule has 194 valence electrons. The molecular formula is C28H38ClN5OS. The summed E-state index contributed by atoms with van der Waals surface area (Å²) in [5.74, 6) is 0.292. The van der Waals surface area contributed by atoms with Gasteiger partial charge in [0.1, 0.15) is 0 Å². The highest BCUT2D eigenvalue weighted by atomic mass is 35.5. The fraction of sp³-hybridized carbons (Fsp3) is 0.571. The molecule has 0 saturated carbocycles. The quantitative estimate of drug-likeness (QED) is 0.540.